The van der Waals surface area contributed by atoms with Crippen LogP contribution in [0.15, 0.2) is 6.20 Å². The summed E-state index contributed by atoms with van der Waals surface area (Å²) in [6, 6.07) is 0. The Morgan fingerprint density at radius 1 is 0.486 bits per heavy atom. The van der Waals surface area contributed by atoms with Crippen molar-refractivity contribution in [3.8, 4) is 0 Å². The highest BCUT2D eigenvalue weighted by Gasteiger charge is 2.14. The largest absolute Gasteiger partial charge is 0.282 e. The van der Waals surface area contributed by atoms with E-state index in [0.717, 1.165) is 22.8 Å². The molecule has 8 heteroatoms. The topological polar surface area (TPSA) is 112 Å². The van der Waals surface area contributed by atoms with E-state index in [-0.39, 0.29) is 14.9 Å². The SMILES string of the molecule is C.C.CC(C)c1cn[nH]c1C(C)C.CC(C)c1n[nH]nc1C(C)C.CC(C)c1n[nH]nc1C(C)C. The summed E-state index contributed by atoms with van der Waals surface area (Å²) in [7, 11) is 0. The molecule has 0 atom stereocenters. The lowest BCUT2D eigenvalue weighted by atomic mass is 9.98. The molecule has 3 aromatic heterocycles. The second kappa shape index (κ2) is 16.2. The molecule has 0 aliphatic heterocycles. The van der Waals surface area contributed by atoms with Gasteiger partial charge in [-0.2, -0.15) is 35.9 Å². The van der Waals surface area contributed by atoms with Crippen molar-refractivity contribution in [3.05, 3.63) is 40.2 Å². The van der Waals surface area contributed by atoms with E-state index in [1.54, 1.807) is 0 Å². The van der Waals surface area contributed by atoms with Gasteiger partial charge in [0.15, 0.2) is 0 Å². The van der Waals surface area contributed by atoms with E-state index in [9.17, 15) is 0 Å². The maximum absolute atomic E-state index is 4.10. The van der Waals surface area contributed by atoms with Gasteiger partial charge in [0.05, 0.1) is 29.0 Å². The van der Waals surface area contributed by atoms with Crippen molar-refractivity contribution in [2.75, 3.05) is 0 Å². The third-order valence-corrected chi connectivity index (χ3v) is 5.29. The highest BCUT2D eigenvalue weighted by atomic mass is 15.3. The molecule has 0 unspecified atom stereocenters. The normalized spacial score (nSPS) is 10.8. The van der Waals surface area contributed by atoms with Crippen LogP contribution >= 0.6 is 0 Å². The minimum Gasteiger partial charge on any atom is -0.282 e. The summed E-state index contributed by atoms with van der Waals surface area (Å²) in [6.07, 6.45) is 1.93. The highest BCUT2D eigenvalue weighted by Crippen LogP contribution is 2.23. The number of H-pyrrole nitrogens is 3. The van der Waals surface area contributed by atoms with Gasteiger partial charge in [0.1, 0.15) is 0 Å². The van der Waals surface area contributed by atoms with Gasteiger partial charge >= 0.3 is 0 Å². The first-order valence-electron chi connectivity index (χ1n) is 12.2. The Morgan fingerprint density at radius 3 is 1.00 bits per heavy atom. The summed E-state index contributed by atoms with van der Waals surface area (Å²) in [6.45, 7) is 25.8. The number of hydrogen-bond acceptors (Lipinski definition) is 5. The van der Waals surface area contributed by atoms with E-state index in [1.807, 2.05) is 6.20 Å². The second-order valence-corrected chi connectivity index (χ2v) is 10.4. The van der Waals surface area contributed by atoms with E-state index in [4.69, 9.17) is 0 Å². The molecular formula is C27H54N8. The maximum atomic E-state index is 4.10. The quantitative estimate of drug-likeness (QED) is 0.324. The van der Waals surface area contributed by atoms with Crippen LogP contribution in [0.1, 0.15) is 167 Å². The number of hydrogen-bond donors (Lipinski definition) is 3. The van der Waals surface area contributed by atoms with Crippen LogP contribution in [0.4, 0.5) is 0 Å². The van der Waals surface area contributed by atoms with Gasteiger partial charge in [-0.25, -0.2) is 0 Å². The molecule has 0 aliphatic carbocycles. The molecular weight excluding hydrogens is 436 g/mol. The zero-order valence-electron chi connectivity index (χ0n) is 22.8. The van der Waals surface area contributed by atoms with Crippen LogP contribution in [0.3, 0.4) is 0 Å². The van der Waals surface area contributed by atoms with Crippen molar-refractivity contribution in [3.63, 3.8) is 0 Å². The van der Waals surface area contributed by atoms with Gasteiger partial charge in [0.25, 0.3) is 0 Å². The van der Waals surface area contributed by atoms with E-state index in [2.05, 4.69) is 124 Å². The maximum Gasteiger partial charge on any atom is 0.0884 e. The van der Waals surface area contributed by atoms with Crippen molar-refractivity contribution < 1.29 is 0 Å². The minimum absolute atomic E-state index is 0. The molecule has 0 saturated heterocycles. The lowest BCUT2D eigenvalue weighted by molar-refractivity contribution is 0.759. The fourth-order valence-electron chi connectivity index (χ4n) is 3.42. The molecule has 0 saturated carbocycles. The van der Waals surface area contributed by atoms with E-state index in [1.165, 1.54) is 11.3 Å². The Morgan fingerprint density at radius 2 is 0.800 bits per heavy atom. The third-order valence-electron chi connectivity index (χ3n) is 5.29. The summed E-state index contributed by atoms with van der Waals surface area (Å²) in [5.41, 5.74) is 7.01. The first-order chi connectivity index (χ1) is 15.4. The van der Waals surface area contributed by atoms with Crippen LogP contribution in [-0.4, -0.2) is 41.0 Å². The minimum atomic E-state index is 0. The van der Waals surface area contributed by atoms with E-state index in [0.29, 0.717) is 35.5 Å². The molecule has 202 valence electrons. The summed E-state index contributed by atoms with van der Waals surface area (Å²) >= 11 is 0. The predicted octanol–water partition coefficient (Wildman–Crippen LogP) is 8.03. The third kappa shape index (κ3) is 10.3. The molecule has 3 rings (SSSR count). The van der Waals surface area contributed by atoms with Crippen molar-refractivity contribution in [1.82, 2.24) is 41.0 Å². The van der Waals surface area contributed by atoms with Crippen molar-refractivity contribution >= 4 is 0 Å². The molecule has 0 spiro atoms. The predicted molar refractivity (Wildman–Crippen MR) is 149 cm³/mol. The molecule has 35 heavy (non-hydrogen) atoms. The van der Waals surface area contributed by atoms with Crippen LogP contribution in [0, 0.1) is 0 Å². The number of nitrogens with one attached hydrogen (secondary N) is 3. The fourth-order valence-corrected chi connectivity index (χ4v) is 3.42. The molecule has 0 radical (unpaired) electrons. The molecule has 0 amide bonds. The first kappa shape index (κ1) is 34.7. The molecule has 8 nitrogen and oxygen atoms in total. The summed E-state index contributed by atoms with van der Waals surface area (Å²) in [5.74, 6) is 2.98. The van der Waals surface area contributed by atoms with Gasteiger partial charge in [-0.1, -0.05) is 97.9 Å². The Kier molecular flexibility index (Phi) is 16.1. The summed E-state index contributed by atoms with van der Waals surface area (Å²) in [5, 5.41) is 28.8. The van der Waals surface area contributed by atoms with E-state index >= 15 is 0 Å². The van der Waals surface area contributed by atoms with Crippen molar-refractivity contribution in [2.45, 2.75) is 133 Å². The van der Waals surface area contributed by atoms with Gasteiger partial charge in [-0.15, -0.1) is 0 Å². The molecule has 3 heterocycles. The van der Waals surface area contributed by atoms with Gasteiger partial charge in [-0.05, 0) is 41.1 Å². The summed E-state index contributed by atoms with van der Waals surface area (Å²) in [4.78, 5) is 0. The van der Waals surface area contributed by atoms with Gasteiger partial charge in [-0.3, -0.25) is 5.10 Å². The number of nitrogens with zero attached hydrogens (tertiary/aromatic N) is 5. The first-order valence-corrected chi connectivity index (χ1v) is 12.2. The van der Waals surface area contributed by atoms with Crippen molar-refractivity contribution in [1.29, 1.82) is 0 Å². The second-order valence-electron chi connectivity index (χ2n) is 10.4. The van der Waals surface area contributed by atoms with Gasteiger partial charge in [0, 0.05) is 5.69 Å². The standard InChI is InChI=1S/C9H16N2.2C8H15N3.2CH4/c1-6(2)8-5-10-11-9(8)7(3)4;2*1-5(2)7-8(6(3)4)10-11-9-7;;/h5-7H,1-4H3,(H,10,11);2*5-6H,1-4H3,(H,9,10,11);2*1H4. The average molecular weight is 491 g/mol. The van der Waals surface area contributed by atoms with Crippen LogP contribution in [0.5, 0.6) is 0 Å². The monoisotopic (exact) mass is 490 g/mol. The van der Waals surface area contributed by atoms with Crippen molar-refractivity contribution in [2.24, 2.45) is 0 Å². The zero-order chi connectivity index (χ0) is 25.3. The Balaban J connectivity index is 0. The molecule has 0 aliphatic rings. The van der Waals surface area contributed by atoms with E-state index < -0.39 is 0 Å². The zero-order valence-corrected chi connectivity index (χ0v) is 22.8. The van der Waals surface area contributed by atoms with Crippen LogP contribution in [-0.2, 0) is 0 Å². The fraction of sp³-hybridized carbons (Fsp3) is 0.741. The lowest BCUT2D eigenvalue weighted by Crippen LogP contribution is -1.96. The molecule has 3 N–H and O–H groups in total. The number of aromatic amines is 3. The average Bonchev–Trinajstić information content (AvgIpc) is 3.48. The molecule has 0 fully saturated rings. The highest BCUT2D eigenvalue weighted by molar-refractivity contribution is 5.22. The number of aromatic nitrogens is 8. The smallest absolute Gasteiger partial charge is 0.0884 e. The Bertz CT molecular complexity index is 726. The number of rotatable bonds is 6. The van der Waals surface area contributed by atoms with Gasteiger partial charge < -0.3 is 0 Å². The molecule has 0 aromatic carbocycles. The summed E-state index contributed by atoms with van der Waals surface area (Å²) < 4.78 is 0. The lowest BCUT2D eigenvalue weighted by Gasteiger charge is -2.07. The Hall–Kier alpha value is -2.51. The molecule has 3 aromatic rings. The molecule has 0 bridgehead atoms. The Labute approximate surface area is 214 Å². The van der Waals surface area contributed by atoms with Crippen LogP contribution in [0.25, 0.3) is 0 Å². The van der Waals surface area contributed by atoms with Crippen LogP contribution < -0.4 is 0 Å². The van der Waals surface area contributed by atoms with Gasteiger partial charge in [0.2, 0.25) is 0 Å². The van der Waals surface area contributed by atoms with Crippen LogP contribution in [0.2, 0.25) is 0 Å².